The van der Waals surface area contributed by atoms with Gasteiger partial charge in [-0.25, -0.2) is 0 Å². The third-order valence-corrected chi connectivity index (χ3v) is 3.60. The third kappa shape index (κ3) is 2.28. The maximum Gasteiger partial charge on any atom is 0.271 e. The maximum absolute atomic E-state index is 12.1. The highest BCUT2D eigenvalue weighted by Crippen LogP contribution is 2.29. The molecule has 1 aromatic rings. The van der Waals surface area contributed by atoms with Gasteiger partial charge in [-0.1, -0.05) is 6.42 Å². The van der Waals surface area contributed by atoms with Gasteiger partial charge in [-0.05, 0) is 32.6 Å². The van der Waals surface area contributed by atoms with E-state index >= 15 is 0 Å². The van der Waals surface area contributed by atoms with Gasteiger partial charge in [0, 0.05) is 12.6 Å². The van der Waals surface area contributed by atoms with Crippen LogP contribution in [0.25, 0.3) is 0 Å². The second-order valence-corrected chi connectivity index (χ2v) is 4.72. The van der Waals surface area contributed by atoms with Crippen molar-refractivity contribution in [1.29, 1.82) is 0 Å². The molecule has 1 aliphatic rings. The van der Waals surface area contributed by atoms with Gasteiger partial charge in [-0.3, -0.25) is 9.48 Å². The number of nitrogens with zero attached hydrogens (tertiary/aromatic N) is 2. The van der Waals surface area contributed by atoms with E-state index in [1.165, 1.54) is 25.5 Å². The van der Waals surface area contributed by atoms with Crippen LogP contribution in [-0.4, -0.2) is 21.7 Å². The summed E-state index contributed by atoms with van der Waals surface area (Å²) >= 11 is 0. The van der Waals surface area contributed by atoms with Crippen molar-refractivity contribution in [2.24, 2.45) is 5.92 Å². The fraction of sp³-hybridized carbons (Fsp3) is 0.667. The van der Waals surface area contributed by atoms with E-state index in [0.717, 1.165) is 0 Å². The first-order chi connectivity index (χ1) is 8.13. The SMILES string of the molecule is CCn1ncc(N)c1C(=O)NC(C)C1CCC1. The Kier molecular flexibility index (Phi) is 3.36. The topological polar surface area (TPSA) is 72.9 Å². The molecule has 1 aliphatic carbocycles. The molecule has 5 heteroatoms. The van der Waals surface area contributed by atoms with Crippen LogP contribution >= 0.6 is 0 Å². The lowest BCUT2D eigenvalue weighted by Crippen LogP contribution is -2.41. The molecule has 0 spiro atoms. The largest absolute Gasteiger partial charge is 0.396 e. The first-order valence-electron chi connectivity index (χ1n) is 6.25. The van der Waals surface area contributed by atoms with Crippen LogP contribution in [0, 0.1) is 5.92 Å². The molecule has 1 unspecified atom stereocenters. The summed E-state index contributed by atoms with van der Waals surface area (Å²) in [6.45, 7) is 4.65. The Morgan fingerprint density at radius 2 is 2.41 bits per heavy atom. The van der Waals surface area contributed by atoms with Gasteiger partial charge >= 0.3 is 0 Å². The van der Waals surface area contributed by atoms with Crippen LogP contribution in [0.1, 0.15) is 43.6 Å². The van der Waals surface area contributed by atoms with Crippen molar-refractivity contribution in [3.8, 4) is 0 Å². The lowest BCUT2D eigenvalue weighted by atomic mass is 9.80. The molecule has 5 nitrogen and oxygen atoms in total. The molecule has 2 rings (SSSR count). The number of carbonyl (C=O) groups excluding carboxylic acids is 1. The Bertz CT molecular complexity index is 409. The molecule has 1 heterocycles. The van der Waals surface area contributed by atoms with Crippen molar-refractivity contribution in [2.45, 2.75) is 45.7 Å². The number of hydrogen-bond donors (Lipinski definition) is 2. The number of nitrogens with two attached hydrogens (primary N) is 1. The summed E-state index contributed by atoms with van der Waals surface area (Å²) in [6, 6.07) is 0.218. The van der Waals surface area contributed by atoms with Crippen LogP contribution in [0.2, 0.25) is 0 Å². The third-order valence-electron chi connectivity index (χ3n) is 3.60. The summed E-state index contributed by atoms with van der Waals surface area (Å²) in [5, 5.41) is 7.09. The minimum atomic E-state index is -0.110. The molecule has 17 heavy (non-hydrogen) atoms. The average Bonchev–Trinajstić information content (AvgIpc) is 2.56. The Morgan fingerprint density at radius 1 is 1.71 bits per heavy atom. The molecule has 1 amide bonds. The smallest absolute Gasteiger partial charge is 0.271 e. The van der Waals surface area contributed by atoms with Gasteiger partial charge in [0.1, 0.15) is 5.69 Å². The molecular weight excluding hydrogens is 216 g/mol. The highest BCUT2D eigenvalue weighted by atomic mass is 16.2. The highest BCUT2D eigenvalue weighted by molar-refractivity contribution is 5.97. The Balaban J connectivity index is 2.05. The van der Waals surface area contributed by atoms with E-state index < -0.39 is 0 Å². The quantitative estimate of drug-likeness (QED) is 0.830. The Labute approximate surface area is 101 Å². The predicted octanol–water partition coefficient (Wildman–Crippen LogP) is 1.40. The van der Waals surface area contributed by atoms with E-state index in [-0.39, 0.29) is 11.9 Å². The molecule has 0 radical (unpaired) electrons. The van der Waals surface area contributed by atoms with Crippen molar-refractivity contribution >= 4 is 11.6 Å². The number of aryl methyl sites for hydroxylation is 1. The normalized spacial score (nSPS) is 17.5. The molecular formula is C12H20N4O. The summed E-state index contributed by atoms with van der Waals surface area (Å²) in [5.74, 6) is 0.513. The van der Waals surface area contributed by atoms with Crippen LogP contribution < -0.4 is 11.1 Å². The van der Waals surface area contributed by atoms with Gasteiger partial charge in [-0.15, -0.1) is 0 Å². The lowest BCUT2D eigenvalue weighted by molar-refractivity contribution is 0.0899. The minimum Gasteiger partial charge on any atom is -0.396 e. The number of hydrogen-bond acceptors (Lipinski definition) is 3. The number of anilines is 1. The molecule has 0 saturated heterocycles. The monoisotopic (exact) mass is 236 g/mol. The van der Waals surface area contributed by atoms with Crippen molar-refractivity contribution in [2.75, 3.05) is 5.73 Å². The Morgan fingerprint density at radius 3 is 2.94 bits per heavy atom. The van der Waals surface area contributed by atoms with E-state index in [1.54, 1.807) is 4.68 Å². The van der Waals surface area contributed by atoms with Crippen molar-refractivity contribution in [3.05, 3.63) is 11.9 Å². The number of amides is 1. The predicted molar refractivity (Wildman–Crippen MR) is 66.6 cm³/mol. The minimum absolute atomic E-state index is 0.110. The van der Waals surface area contributed by atoms with Gasteiger partial charge < -0.3 is 11.1 Å². The number of nitrogens with one attached hydrogen (secondary N) is 1. The number of carbonyl (C=O) groups is 1. The molecule has 1 saturated carbocycles. The summed E-state index contributed by atoms with van der Waals surface area (Å²) in [7, 11) is 0. The summed E-state index contributed by atoms with van der Waals surface area (Å²) in [4.78, 5) is 12.1. The van der Waals surface area contributed by atoms with Crippen LogP contribution in [0.3, 0.4) is 0 Å². The highest BCUT2D eigenvalue weighted by Gasteiger charge is 2.26. The van der Waals surface area contributed by atoms with Gasteiger partial charge in [0.25, 0.3) is 5.91 Å². The van der Waals surface area contributed by atoms with E-state index in [0.29, 0.717) is 23.8 Å². The van der Waals surface area contributed by atoms with E-state index in [9.17, 15) is 4.79 Å². The van der Waals surface area contributed by atoms with Crippen LogP contribution in [-0.2, 0) is 6.54 Å². The second kappa shape index (κ2) is 4.77. The lowest BCUT2D eigenvalue weighted by Gasteiger charge is -2.31. The molecule has 0 aliphatic heterocycles. The number of nitrogen functional groups attached to an aromatic ring is 1. The van der Waals surface area contributed by atoms with Crippen molar-refractivity contribution < 1.29 is 4.79 Å². The molecule has 1 fully saturated rings. The number of rotatable bonds is 4. The first kappa shape index (κ1) is 12.0. The van der Waals surface area contributed by atoms with Gasteiger partial charge in [-0.2, -0.15) is 5.10 Å². The van der Waals surface area contributed by atoms with Crippen molar-refractivity contribution in [1.82, 2.24) is 15.1 Å². The molecule has 0 bridgehead atoms. The van der Waals surface area contributed by atoms with E-state index in [2.05, 4.69) is 17.3 Å². The first-order valence-corrected chi connectivity index (χ1v) is 6.25. The second-order valence-electron chi connectivity index (χ2n) is 4.72. The van der Waals surface area contributed by atoms with Crippen LogP contribution in [0.5, 0.6) is 0 Å². The number of aromatic nitrogens is 2. The summed E-state index contributed by atoms with van der Waals surface area (Å²) in [6.07, 6.45) is 5.24. The standard InChI is InChI=1S/C12H20N4O/c1-3-16-11(10(13)7-14-16)12(17)15-8(2)9-5-4-6-9/h7-9H,3-6,13H2,1-2H3,(H,15,17). The van der Waals surface area contributed by atoms with E-state index in [1.807, 2.05) is 6.92 Å². The molecule has 3 N–H and O–H groups in total. The molecule has 1 aromatic heterocycles. The van der Waals surface area contributed by atoms with Gasteiger partial charge in [0.05, 0.1) is 11.9 Å². The zero-order valence-corrected chi connectivity index (χ0v) is 10.4. The zero-order chi connectivity index (χ0) is 12.4. The van der Waals surface area contributed by atoms with Gasteiger partial charge in [0.2, 0.25) is 0 Å². The molecule has 1 atom stereocenters. The maximum atomic E-state index is 12.1. The average molecular weight is 236 g/mol. The van der Waals surface area contributed by atoms with E-state index in [4.69, 9.17) is 5.73 Å². The molecule has 94 valence electrons. The fourth-order valence-corrected chi connectivity index (χ4v) is 2.22. The van der Waals surface area contributed by atoms with Crippen LogP contribution in [0.4, 0.5) is 5.69 Å². The van der Waals surface area contributed by atoms with Crippen molar-refractivity contribution in [3.63, 3.8) is 0 Å². The fourth-order valence-electron chi connectivity index (χ4n) is 2.22. The Hall–Kier alpha value is -1.52. The van der Waals surface area contributed by atoms with Gasteiger partial charge in [0.15, 0.2) is 0 Å². The summed E-state index contributed by atoms with van der Waals surface area (Å²) in [5.41, 5.74) is 6.71. The van der Waals surface area contributed by atoms with Crippen LogP contribution in [0.15, 0.2) is 6.20 Å². The summed E-state index contributed by atoms with van der Waals surface area (Å²) < 4.78 is 1.64. The molecule has 0 aromatic carbocycles. The zero-order valence-electron chi connectivity index (χ0n) is 10.4.